The Morgan fingerprint density at radius 3 is 2.28 bits per heavy atom. The number of hydrogen-bond donors (Lipinski definition) is 1. The van der Waals surface area contributed by atoms with E-state index in [2.05, 4.69) is 5.32 Å². The summed E-state index contributed by atoms with van der Waals surface area (Å²) in [7, 11) is -0.496. The molecule has 9 nitrogen and oxygen atoms in total. The molecular weight excluding hydrogens is 482 g/mol. The van der Waals surface area contributed by atoms with E-state index in [0.29, 0.717) is 30.2 Å². The highest BCUT2D eigenvalue weighted by atomic mass is 32.2. The maximum absolute atomic E-state index is 13.4. The zero-order chi connectivity index (χ0) is 26.7. The Balaban J connectivity index is 2.22. The smallest absolute Gasteiger partial charge is 0.242 e. The number of amides is 2. The highest BCUT2D eigenvalue weighted by Gasteiger charge is 2.28. The summed E-state index contributed by atoms with van der Waals surface area (Å²) in [5.74, 6) is 0.683. The number of ether oxygens (including phenoxy) is 2. The molecule has 0 radical (unpaired) electrons. The molecule has 36 heavy (non-hydrogen) atoms. The van der Waals surface area contributed by atoms with Crippen LogP contribution in [-0.4, -0.2) is 64.7 Å². The molecule has 2 aromatic carbocycles. The summed E-state index contributed by atoms with van der Waals surface area (Å²) in [6.45, 7) is 4.42. The third-order valence-corrected chi connectivity index (χ3v) is 6.91. The largest absolute Gasteiger partial charge is 0.497 e. The van der Waals surface area contributed by atoms with Gasteiger partial charge in [-0.1, -0.05) is 31.2 Å². The van der Waals surface area contributed by atoms with Crippen molar-refractivity contribution >= 4 is 27.5 Å². The molecular formula is C26H37N3O6S. The van der Waals surface area contributed by atoms with E-state index in [1.165, 1.54) is 4.31 Å². The van der Waals surface area contributed by atoms with Gasteiger partial charge in [0.1, 0.15) is 17.5 Å². The van der Waals surface area contributed by atoms with E-state index < -0.39 is 16.1 Å². The van der Waals surface area contributed by atoms with E-state index in [-0.39, 0.29) is 37.7 Å². The van der Waals surface area contributed by atoms with Crippen LogP contribution in [0.15, 0.2) is 48.5 Å². The molecule has 0 heterocycles. The van der Waals surface area contributed by atoms with Crippen LogP contribution in [0.1, 0.15) is 38.7 Å². The fraction of sp³-hybridized carbons (Fsp3) is 0.462. The SMILES string of the molecule is CCOc1ccccc1N(CCCC(=O)N(Cc1ccc(OC)cc1)[C@H](CC)C(=O)NC)S(C)(=O)=O. The molecule has 0 saturated heterocycles. The van der Waals surface area contributed by atoms with Crippen LogP contribution in [0, 0.1) is 0 Å². The molecule has 0 unspecified atom stereocenters. The molecule has 0 saturated carbocycles. The molecule has 2 rings (SSSR count). The zero-order valence-corrected chi connectivity index (χ0v) is 22.5. The fourth-order valence-electron chi connectivity index (χ4n) is 3.94. The summed E-state index contributed by atoms with van der Waals surface area (Å²) in [4.78, 5) is 27.5. The lowest BCUT2D eigenvalue weighted by atomic mass is 10.1. The fourth-order valence-corrected chi connectivity index (χ4v) is 4.91. The molecule has 0 aliphatic carbocycles. The Morgan fingerprint density at radius 1 is 1.06 bits per heavy atom. The van der Waals surface area contributed by atoms with Crippen molar-refractivity contribution in [3.63, 3.8) is 0 Å². The Hall–Kier alpha value is -3.27. The molecule has 198 valence electrons. The average molecular weight is 520 g/mol. The van der Waals surface area contributed by atoms with Crippen molar-refractivity contribution in [2.24, 2.45) is 0 Å². The number of hydrogen-bond acceptors (Lipinski definition) is 6. The molecule has 0 bridgehead atoms. The van der Waals surface area contributed by atoms with E-state index >= 15 is 0 Å². The Bertz CT molecular complexity index is 1100. The molecule has 1 N–H and O–H groups in total. The Labute approximate surface area is 214 Å². The number of sulfonamides is 1. The van der Waals surface area contributed by atoms with Gasteiger partial charge < -0.3 is 19.7 Å². The number of nitrogens with zero attached hydrogens (tertiary/aromatic N) is 2. The third-order valence-electron chi connectivity index (χ3n) is 5.73. The predicted molar refractivity (Wildman–Crippen MR) is 141 cm³/mol. The molecule has 0 aliphatic rings. The van der Waals surface area contributed by atoms with Crippen molar-refractivity contribution in [3.8, 4) is 11.5 Å². The second kappa shape index (κ2) is 13.7. The highest BCUT2D eigenvalue weighted by Crippen LogP contribution is 2.30. The van der Waals surface area contributed by atoms with Crippen LogP contribution in [0.25, 0.3) is 0 Å². The Kier molecular flexibility index (Phi) is 11.0. The number of nitrogens with one attached hydrogen (secondary N) is 1. The molecule has 1 atom stereocenters. The molecule has 10 heteroatoms. The number of para-hydroxylation sites is 2. The lowest BCUT2D eigenvalue weighted by Gasteiger charge is -2.31. The standard InChI is InChI=1S/C26H37N3O6S/c1-6-22(26(31)27-3)28(19-20-14-16-21(34-4)17-15-20)25(30)13-10-18-29(36(5,32)33)23-11-8-9-12-24(23)35-7-2/h8-9,11-12,14-17,22H,6-7,10,13,18-19H2,1-5H3,(H,27,31)/t22-/m1/s1. The number of benzene rings is 2. The monoisotopic (exact) mass is 519 g/mol. The van der Waals surface area contributed by atoms with Crippen molar-refractivity contribution in [2.45, 2.75) is 45.7 Å². The molecule has 2 aromatic rings. The second-order valence-electron chi connectivity index (χ2n) is 8.25. The summed E-state index contributed by atoms with van der Waals surface area (Å²) in [6.07, 6.45) is 1.92. The minimum Gasteiger partial charge on any atom is -0.497 e. The van der Waals surface area contributed by atoms with E-state index in [4.69, 9.17) is 9.47 Å². The molecule has 0 fully saturated rings. The van der Waals surface area contributed by atoms with Crippen molar-refractivity contribution in [1.29, 1.82) is 0 Å². The highest BCUT2D eigenvalue weighted by molar-refractivity contribution is 7.92. The zero-order valence-electron chi connectivity index (χ0n) is 21.7. The van der Waals surface area contributed by atoms with Gasteiger partial charge in [0.25, 0.3) is 0 Å². The average Bonchev–Trinajstić information content (AvgIpc) is 2.86. The summed E-state index contributed by atoms with van der Waals surface area (Å²) in [5.41, 5.74) is 1.29. The summed E-state index contributed by atoms with van der Waals surface area (Å²) in [6, 6.07) is 13.6. The quantitative estimate of drug-likeness (QED) is 0.411. The van der Waals surface area contributed by atoms with Crippen molar-refractivity contribution in [3.05, 3.63) is 54.1 Å². The Morgan fingerprint density at radius 2 is 1.72 bits per heavy atom. The summed E-state index contributed by atoms with van der Waals surface area (Å²) in [5, 5.41) is 2.63. The maximum Gasteiger partial charge on any atom is 0.242 e. The number of anilines is 1. The second-order valence-corrected chi connectivity index (χ2v) is 10.2. The number of methoxy groups -OCH3 is 1. The van der Waals surface area contributed by atoms with E-state index in [1.54, 1.807) is 55.5 Å². The lowest BCUT2D eigenvalue weighted by Crippen LogP contribution is -2.48. The lowest BCUT2D eigenvalue weighted by molar-refractivity contribution is -0.141. The van der Waals surface area contributed by atoms with Crippen molar-refractivity contribution < 1.29 is 27.5 Å². The first-order valence-corrected chi connectivity index (χ1v) is 13.8. The molecule has 0 aliphatic heterocycles. The van der Waals surface area contributed by atoms with Gasteiger partial charge >= 0.3 is 0 Å². The van der Waals surface area contributed by atoms with Gasteiger partial charge in [-0.25, -0.2) is 8.42 Å². The van der Waals surface area contributed by atoms with Crippen LogP contribution in [0.4, 0.5) is 5.69 Å². The van der Waals surface area contributed by atoms with Crippen LogP contribution in [0.2, 0.25) is 0 Å². The van der Waals surface area contributed by atoms with E-state index in [1.807, 2.05) is 26.0 Å². The first-order chi connectivity index (χ1) is 17.2. The van der Waals surface area contributed by atoms with Crippen LogP contribution < -0.4 is 19.1 Å². The van der Waals surface area contributed by atoms with E-state index in [9.17, 15) is 18.0 Å². The van der Waals surface area contributed by atoms with Gasteiger partial charge in [0.2, 0.25) is 21.8 Å². The van der Waals surface area contributed by atoms with Crippen LogP contribution in [0.3, 0.4) is 0 Å². The predicted octanol–water partition coefficient (Wildman–Crippen LogP) is 3.19. The number of rotatable bonds is 14. The van der Waals surface area contributed by atoms with Gasteiger partial charge in [-0.05, 0) is 49.6 Å². The minimum absolute atomic E-state index is 0.0759. The topological polar surface area (TPSA) is 105 Å². The number of carbonyl (C=O) groups excluding carboxylic acids is 2. The van der Waals surface area contributed by atoms with Crippen LogP contribution >= 0.6 is 0 Å². The maximum atomic E-state index is 13.4. The molecule has 2 amide bonds. The third kappa shape index (κ3) is 7.87. The molecule has 0 spiro atoms. The van der Waals surface area contributed by atoms with Crippen LogP contribution in [-0.2, 0) is 26.2 Å². The van der Waals surface area contributed by atoms with Crippen molar-refractivity contribution in [1.82, 2.24) is 10.2 Å². The number of carbonyl (C=O) groups is 2. The minimum atomic E-state index is -3.62. The molecule has 0 aromatic heterocycles. The van der Waals surface area contributed by atoms with Gasteiger partial charge in [0, 0.05) is 26.6 Å². The van der Waals surface area contributed by atoms with Gasteiger partial charge in [0.15, 0.2) is 0 Å². The first kappa shape index (κ1) is 29.0. The van der Waals surface area contributed by atoms with Gasteiger partial charge in [0.05, 0.1) is 25.7 Å². The number of likely N-dealkylation sites (N-methyl/N-ethyl adjacent to an activating group) is 1. The van der Waals surface area contributed by atoms with Gasteiger partial charge in [-0.15, -0.1) is 0 Å². The summed E-state index contributed by atoms with van der Waals surface area (Å²) < 4.78 is 37.2. The van der Waals surface area contributed by atoms with Gasteiger partial charge in [-0.2, -0.15) is 0 Å². The van der Waals surface area contributed by atoms with Crippen molar-refractivity contribution in [2.75, 3.05) is 37.9 Å². The van der Waals surface area contributed by atoms with Gasteiger partial charge in [-0.3, -0.25) is 13.9 Å². The van der Waals surface area contributed by atoms with Crippen LogP contribution in [0.5, 0.6) is 11.5 Å². The summed E-state index contributed by atoms with van der Waals surface area (Å²) >= 11 is 0. The van der Waals surface area contributed by atoms with E-state index in [0.717, 1.165) is 11.8 Å². The normalized spacial score (nSPS) is 11.9. The first-order valence-electron chi connectivity index (χ1n) is 12.0.